The second-order valence-corrected chi connectivity index (χ2v) is 7.65. The van der Waals surface area contributed by atoms with Crippen molar-refractivity contribution < 1.29 is 14.6 Å². The molecule has 3 atom stereocenters. The molecule has 1 aliphatic rings. The molecule has 0 saturated carbocycles. The predicted octanol–water partition coefficient (Wildman–Crippen LogP) is 2.63. The largest absolute Gasteiger partial charge is 0.456 e. The molecule has 0 spiro atoms. The molecule has 88 valence electrons. The summed E-state index contributed by atoms with van der Waals surface area (Å²) in [5.41, 5.74) is 0. The van der Waals surface area contributed by atoms with Gasteiger partial charge < -0.3 is 9.84 Å². The molecule has 15 heavy (non-hydrogen) atoms. The maximum Gasteiger partial charge on any atom is 0.316 e. The van der Waals surface area contributed by atoms with E-state index >= 15 is 0 Å². The van der Waals surface area contributed by atoms with Crippen molar-refractivity contribution in [3.63, 3.8) is 0 Å². The smallest absolute Gasteiger partial charge is 0.316 e. The number of aliphatic hydroxyl groups excluding tert-OH is 1. The highest BCUT2D eigenvalue weighted by atomic mass is 35.6. The van der Waals surface area contributed by atoms with Gasteiger partial charge in [-0.25, -0.2) is 0 Å². The minimum absolute atomic E-state index is 0.773. The van der Waals surface area contributed by atoms with Gasteiger partial charge in [-0.3, -0.25) is 4.79 Å². The quantitative estimate of drug-likeness (QED) is 0.591. The van der Waals surface area contributed by atoms with Crippen LogP contribution in [0.5, 0.6) is 0 Å². The van der Waals surface area contributed by atoms with Crippen molar-refractivity contribution in [1.82, 2.24) is 0 Å². The summed E-state index contributed by atoms with van der Waals surface area (Å²) in [5.74, 6) is -1.94. The van der Waals surface area contributed by atoms with Gasteiger partial charge >= 0.3 is 5.97 Å². The monoisotopic (exact) mass is 334 g/mol. The molecule has 1 unspecified atom stereocenters. The molecule has 0 radical (unpaired) electrons. The second kappa shape index (κ2) is 4.45. The molecule has 3 nitrogen and oxygen atoms in total. The summed E-state index contributed by atoms with van der Waals surface area (Å²) in [7, 11) is 0. The summed E-state index contributed by atoms with van der Waals surface area (Å²) in [4.78, 5) is 11.0. The van der Waals surface area contributed by atoms with Gasteiger partial charge in [-0.15, -0.1) is 0 Å². The minimum Gasteiger partial charge on any atom is -0.456 e. The maximum atomic E-state index is 11.0. The first-order valence-corrected chi connectivity index (χ1v) is 5.84. The lowest BCUT2D eigenvalue weighted by molar-refractivity contribution is -0.194. The van der Waals surface area contributed by atoms with Crippen molar-refractivity contribution >= 4 is 75.6 Å². The molecule has 0 aliphatic carbocycles. The first kappa shape index (κ1) is 14.2. The Kier molecular flexibility index (Phi) is 4.22. The van der Waals surface area contributed by atoms with E-state index in [4.69, 9.17) is 69.6 Å². The molecule has 0 aromatic rings. The fraction of sp³-hybridized carbons (Fsp3) is 0.833. The van der Waals surface area contributed by atoms with Crippen molar-refractivity contribution in [2.45, 2.75) is 19.8 Å². The molecule has 1 N–H and O–H groups in total. The van der Waals surface area contributed by atoms with E-state index in [-0.39, 0.29) is 0 Å². The first-order valence-electron chi connectivity index (χ1n) is 3.57. The lowest BCUT2D eigenvalue weighted by atomic mass is 9.92. The third-order valence-electron chi connectivity index (χ3n) is 1.84. The summed E-state index contributed by atoms with van der Waals surface area (Å²) in [6.45, 7) is 0. The minimum atomic E-state index is -2.04. The molecule has 1 aliphatic heterocycles. The van der Waals surface area contributed by atoms with Crippen LogP contribution in [0.1, 0.15) is 0 Å². The topological polar surface area (TPSA) is 46.5 Å². The molecular formula is C6H4Cl6O3. The van der Waals surface area contributed by atoms with E-state index in [2.05, 4.69) is 4.74 Å². The highest BCUT2D eigenvalue weighted by Gasteiger charge is 2.60. The average Bonchev–Trinajstić information content (AvgIpc) is 1.96. The van der Waals surface area contributed by atoms with Crippen molar-refractivity contribution in [2.75, 3.05) is 0 Å². The van der Waals surface area contributed by atoms with Gasteiger partial charge in [0.25, 0.3) is 0 Å². The van der Waals surface area contributed by atoms with E-state index in [0.717, 1.165) is 0 Å². The fourth-order valence-electron chi connectivity index (χ4n) is 1.10. The van der Waals surface area contributed by atoms with Crippen LogP contribution in [0.15, 0.2) is 0 Å². The SMILES string of the molecule is O=C1O[C@@H](C(Cl)(Cl)Cl)[C@H]1C(O)C(Cl)(Cl)Cl. The van der Waals surface area contributed by atoms with Crippen LogP contribution in [0.3, 0.4) is 0 Å². The van der Waals surface area contributed by atoms with Gasteiger partial charge in [0, 0.05) is 0 Å². The second-order valence-electron chi connectivity index (χ2n) is 2.91. The Morgan fingerprint density at radius 3 is 1.93 bits per heavy atom. The molecule has 1 saturated heterocycles. The summed E-state index contributed by atoms with van der Waals surface area (Å²) in [6.07, 6.45) is -2.72. The number of hydrogen-bond donors (Lipinski definition) is 1. The highest BCUT2D eigenvalue weighted by Crippen LogP contribution is 2.47. The Morgan fingerprint density at radius 1 is 1.20 bits per heavy atom. The van der Waals surface area contributed by atoms with Crippen LogP contribution in [-0.4, -0.2) is 30.9 Å². The summed E-state index contributed by atoms with van der Waals surface area (Å²) < 4.78 is 0.653. The van der Waals surface area contributed by atoms with Crippen molar-refractivity contribution in [2.24, 2.45) is 5.92 Å². The van der Waals surface area contributed by atoms with Gasteiger partial charge in [0.2, 0.25) is 7.59 Å². The first-order chi connectivity index (χ1) is 6.55. The molecule has 1 rings (SSSR count). The zero-order valence-corrected chi connectivity index (χ0v) is 11.3. The van der Waals surface area contributed by atoms with Crippen LogP contribution >= 0.6 is 69.6 Å². The number of carbonyl (C=O) groups is 1. The predicted molar refractivity (Wildman–Crippen MR) is 60.0 cm³/mol. The van der Waals surface area contributed by atoms with E-state index in [1.807, 2.05) is 0 Å². The zero-order chi connectivity index (χ0) is 12.0. The number of ether oxygens (including phenoxy) is 1. The van der Waals surface area contributed by atoms with E-state index in [9.17, 15) is 9.90 Å². The maximum absolute atomic E-state index is 11.0. The fourth-order valence-corrected chi connectivity index (χ4v) is 2.04. The van der Waals surface area contributed by atoms with Gasteiger partial charge in [0.05, 0.1) is 0 Å². The van der Waals surface area contributed by atoms with Crippen molar-refractivity contribution in [1.29, 1.82) is 0 Å². The van der Waals surface area contributed by atoms with Crippen LogP contribution in [-0.2, 0) is 9.53 Å². The standard InChI is InChI=1S/C6H4Cl6O3/c7-5(8,9)2(13)1-3(6(10,11)12)15-4(1)14/h1-3,13H/t1-,2?,3-/m1/s1. The third kappa shape index (κ3) is 3.09. The van der Waals surface area contributed by atoms with Crippen LogP contribution in [0, 0.1) is 5.92 Å². The lowest BCUT2D eigenvalue weighted by Gasteiger charge is -2.42. The summed E-state index contributed by atoms with van der Waals surface area (Å²) in [5, 5.41) is 9.54. The van der Waals surface area contributed by atoms with Crippen LogP contribution in [0.25, 0.3) is 0 Å². The lowest BCUT2D eigenvalue weighted by Crippen LogP contribution is -2.59. The number of rotatable bonds is 1. The third-order valence-corrected chi connectivity index (χ3v) is 3.16. The highest BCUT2D eigenvalue weighted by molar-refractivity contribution is 6.69. The molecule has 0 aromatic heterocycles. The average molecular weight is 337 g/mol. The number of aliphatic hydroxyl groups is 1. The van der Waals surface area contributed by atoms with Gasteiger partial charge in [0.1, 0.15) is 12.0 Å². The van der Waals surface area contributed by atoms with Gasteiger partial charge in [-0.1, -0.05) is 69.6 Å². The van der Waals surface area contributed by atoms with E-state index in [0.29, 0.717) is 0 Å². The Balaban J connectivity index is 2.81. The molecule has 0 bridgehead atoms. The van der Waals surface area contributed by atoms with Crippen LogP contribution in [0.4, 0.5) is 0 Å². The number of hydrogen-bond acceptors (Lipinski definition) is 3. The van der Waals surface area contributed by atoms with Crippen molar-refractivity contribution in [3.05, 3.63) is 0 Å². The Morgan fingerprint density at radius 2 is 1.67 bits per heavy atom. The normalized spacial score (nSPS) is 29.4. The molecule has 0 amide bonds. The van der Waals surface area contributed by atoms with Gasteiger partial charge in [-0.2, -0.15) is 0 Å². The number of cyclic esters (lactones) is 1. The number of carbonyl (C=O) groups excluding carboxylic acids is 1. The van der Waals surface area contributed by atoms with Crippen LogP contribution in [0.2, 0.25) is 0 Å². The summed E-state index contributed by atoms with van der Waals surface area (Å²) >= 11 is 32.8. The number of halogens is 6. The Labute approximate surface area is 115 Å². The number of alkyl halides is 6. The van der Waals surface area contributed by atoms with E-state index in [1.165, 1.54) is 0 Å². The molecule has 0 aromatic carbocycles. The van der Waals surface area contributed by atoms with Crippen molar-refractivity contribution in [3.8, 4) is 0 Å². The molecule has 9 heteroatoms. The van der Waals surface area contributed by atoms with E-state index < -0.39 is 31.7 Å². The molecule has 1 fully saturated rings. The Bertz CT molecular complexity index is 253. The Hall–Kier alpha value is 1.17. The van der Waals surface area contributed by atoms with Gasteiger partial charge in [-0.05, 0) is 0 Å². The zero-order valence-electron chi connectivity index (χ0n) is 6.76. The number of esters is 1. The van der Waals surface area contributed by atoms with Gasteiger partial charge in [0.15, 0.2) is 6.10 Å². The summed E-state index contributed by atoms with van der Waals surface area (Å²) in [6, 6.07) is 0. The molecule has 1 heterocycles. The van der Waals surface area contributed by atoms with E-state index in [1.54, 1.807) is 0 Å². The molecular weight excluding hydrogens is 333 g/mol. The van der Waals surface area contributed by atoms with Crippen LogP contribution < -0.4 is 0 Å².